The van der Waals surface area contributed by atoms with E-state index in [1.165, 1.54) is 17.0 Å². The highest BCUT2D eigenvalue weighted by Gasteiger charge is 2.34. The van der Waals surface area contributed by atoms with Crippen LogP contribution in [-0.4, -0.2) is 22.3 Å². The molecule has 1 aliphatic heterocycles. The van der Waals surface area contributed by atoms with E-state index in [-0.39, 0.29) is 28.2 Å². The molecule has 0 unspecified atom stereocenters. The van der Waals surface area contributed by atoms with E-state index < -0.39 is 4.92 Å². The van der Waals surface area contributed by atoms with Crippen LogP contribution in [0.3, 0.4) is 0 Å². The highest BCUT2D eigenvalue weighted by Crippen LogP contribution is 2.40. The first-order valence-electron chi connectivity index (χ1n) is 7.91. The molecule has 0 bridgehead atoms. The van der Waals surface area contributed by atoms with Crippen LogP contribution in [0.1, 0.15) is 31.7 Å². The second-order valence-electron chi connectivity index (χ2n) is 5.89. The van der Waals surface area contributed by atoms with Crippen molar-refractivity contribution in [1.82, 2.24) is 4.90 Å². The number of amides is 1. The molecule has 26 heavy (non-hydrogen) atoms. The summed E-state index contributed by atoms with van der Waals surface area (Å²) in [4.78, 5) is 27.9. The van der Waals surface area contributed by atoms with Gasteiger partial charge >= 0.3 is 0 Å². The molecule has 0 N–H and O–H groups in total. The Morgan fingerprint density at radius 3 is 2.81 bits per heavy atom. The van der Waals surface area contributed by atoms with Crippen LogP contribution >= 0.6 is 34.3 Å². The van der Waals surface area contributed by atoms with E-state index in [1.807, 2.05) is 22.9 Å². The number of nitro benzene ring substituents is 1. The number of rotatable bonds is 3. The van der Waals surface area contributed by atoms with Gasteiger partial charge in [-0.25, -0.2) is 0 Å². The minimum absolute atomic E-state index is 0.0279. The molecule has 0 spiro atoms. The molecule has 1 atom stereocenters. The highest BCUT2D eigenvalue weighted by atomic mass is 35.5. The van der Waals surface area contributed by atoms with Crippen molar-refractivity contribution >= 4 is 45.9 Å². The molecule has 0 saturated carbocycles. The lowest BCUT2D eigenvalue weighted by molar-refractivity contribution is -0.384. The van der Waals surface area contributed by atoms with Crippen molar-refractivity contribution in [3.63, 3.8) is 0 Å². The zero-order valence-electron chi connectivity index (χ0n) is 13.4. The largest absolute Gasteiger partial charge is 0.326 e. The number of nitrogens with zero attached hydrogens (tertiary/aromatic N) is 2. The van der Waals surface area contributed by atoms with Crippen LogP contribution in [0.25, 0.3) is 0 Å². The number of thiophene rings is 2. The van der Waals surface area contributed by atoms with Gasteiger partial charge in [-0.1, -0.05) is 17.7 Å². The summed E-state index contributed by atoms with van der Waals surface area (Å²) in [5.74, 6) is -0.222. The number of hydrogen-bond acceptors (Lipinski definition) is 5. The Kier molecular flexibility index (Phi) is 4.52. The molecule has 2 aromatic heterocycles. The molecule has 8 heteroatoms. The molecule has 0 radical (unpaired) electrons. The number of fused-ring (bicyclic) bond motifs is 1. The Morgan fingerprint density at radius 2 is 2.08 bits per heavy atom. The Labute approximate surface area is 162 Å². The quantitative estimate of drug-likeness (QED) is 0.447. The fourth-order valence-corrected chi connectivity index (χ4v) is 5.19. The number of benzene rings is 1. The van der Waals surface area contributed by atoms with Gasteiger partial charge in [-0.3, -0.25) is 14.9 Å². The van der Waals surface area contributed by atoms with Gasteiger partial charge in [0, 0.05) is 27.9 Å². The van der Waals surface area contributed by atoms with Crippen LogP contribution in [0.4, 0.5) is 5.69 Å². The molecule has 3 heterocycles. The summed E-state index contributed by atoms with van der Waals surface area (Å²) >= 11 is 9.19. The number of halogens is 1. The van der Waals surface area contributed by atoms with Crippen molar-refractivity contribution in [2.45, 2.75) is 12.5 Å². The second kappa shape index (κ2) is 6.83. The van der Waals surface area contributed by atoms with Crippen molar-refractivity contribution in [2.24, 2.45) is 0 Å². The monoisotopic (exact) mass is 404 g/mol. The molecule has 5 nitrogen and oxygen atoms in total. The molecule has 1 aliphatic rings. The standard InChI is InChI=1S/C18H13ClN2O3S2/c19-13-4-3-11(10-14(13)21(23)24)18(22)20-7-5-15-12(6-9-26-15)17(20)16-2-1-8-25-16/h1-4,6,8-10,17H,5,7H2/t17-/m0/s1. The summed E-state index contributed by atoms with van der Waals surface area (Å²) in [5.41, 5.74) is 1.17. The Balaban J connectivity index is 1.76. The van der Waals surface area contributed by atoms with Gasteiger partial charge in [-0.2, -0.15) is 0 Å². The average molecular weight is 405 g/mol. The zero-order valence-corrected chi connectivity index (χ0v) is 15.8. The zero-order chi connectivity index (χ0) is 18.3. The minimum atomic E-state index is -0.566. The smallest absolute Gasteiger partial charge is 0.288 e. The molecule has 4 rings (SSSR count). The number of hydrogen-bond donors (Lipinski definition) is 0. The van der Waals surface area contributed by atoms with Crippen molar-refractivity contribution in [3.05, 3.63) is 83.2 Å². The lowest BCUT2D eigenvalue weighted by Crippen LogP contribution is -2.39. The molecular weight excluding hydrogens is 392 g/mol. The van der Waals surface area contributed by atoms with Crippen molar-refractivity contribution in [1.29, 1.82) is 0 Å². The van der Waals surface area contributed by atoms with Gasteiger partial charge < -0.3 is 4.90 Å². The molecule has 1 amide bonds. The lowest BCUT2D eigenvalue weighted by Gasteiger charge is -2.35. The third kappa shape index (κ3) is 2.92. The van der Waals surface area contributed by atoms with Gasteiger partial charge in [0.15, 0.2) is 0 Å². The first kappa shape index (κ1) is 17.2. The lowest BCUT2D eigenvalue weighted by atomic mass is 9.97. The average Bonchev–Trinajstić information content (AvgIpc) is 3.32. The van der Waals surface area contributed by atoms with Gasteiger partial charge in [-0.05, 0) is 47.0 Å². The van der Waals surface area contributed by atoms with Crippen molar-refractivity contribution < 1.29 is 9.72 Å². The minimum Gasteiger partial charge on any atom is -0.326 e. The van der Waals surface area contributed by atoms with E-state index in [9.17, 15) is 14.9 Å². The van der Waals surface area contributed by atoms with E-state index in [4.69, 9.17) is 11.6 Å². The maximum atomic E-state index is 13.2. The first-order valence-corrected chi connectivity index (χ1v) is 10.0. The first-order chi connectivity index (χ1) is 12.6. The SMILES string of the molecule is O=C(c1ccc(Cl)c([N+](=O)[O-])c1)N1CCc2sccc2[C@H]1c1cccs1. The summed E-state index contributed by atoms with van der Waals surface area (Å²) in [6.07, 6.45) is 0.788. The van der Waals surface area contributed by atoms with Crippen LogP contribution in [0.15, 0.2) is 47.2 Å². The molecule has 0 fully saturated rings. The highest BCUT2D eigenvalue weighted by molar-refractivity contribution is 7.10. The fraction of sp³-hybridized carbons (Fsp3) is 0.167. The van der Waals surface area contributed by atoms with E-state index in [0.717, 1.165) is 16.9 Å². The van der Waals surface area contributed by atoms with Crippen molar-refractivity contribution in [2.75, 3.05) is 6.54 Å². The van der Waals surface area contributed by atoms with E-state index in [1.54, 1.807) is 33.6 Å². The number of carbonyl (C=O) groups excluding carboxylic acids is 1. The van der Waals surface area contributed by atoms with Crippen LogP contribution in [0, 0.1) is 10.1 Å². The van der Waals surface area contributed by atoms with Gasteiger partial charge in [0.25, 0.3) is 11.6 Å². The van der Waals surface area contributed by atoms with Gasteiger partial charge in [0.2, 0.25) is 0 Å². The molecule has 132 valence electrons. The maximum Gasteiger partial charge on any atom is 0.288 e. The van der Waals surface area contributed by atoms with Crippen molar-refractivity contribution in [3.8, 4) is 0 Å². The number of carbonyl (C=O) groups is 1. The van der Waals surface area contributed by atoms with E-state index in [2.05, 4.69) is 6.07 Å². The summed E-state index contributed by atoms with van der Waals surface area (Å²) < 4.78 is 0. The number of nitro groups is 1. The Hall–Kier alpha value is -2.22. The predicted molar refractivity (Wildman–Crippen MR) is 103 cm³/mol. The van der Waals surface area contributed by atoms with Crippen LogP contribution in [-0.2, 0) is 6.42 Å². The van der Waals surface area contributed by atoms with E-state index >= 15 is 0 Å². The summed E-state index contributed by atoms with van der Waals surface area (Å²) in [7, 11) is 0. The Morgan fingerprint density at radius 1 is 1.23 bits per heavy atom. The fourth-order valence-electron chi connectivity index (χ4n) is 3.24. The van der Waals surface area contributed by atoms with E-state index in [0.29, 0.717) is 6.54 Å². The Bertz CT molecular complexity index is 984. The molecule has 0 saturated heterocycles. The van der Waals surface area contributed by atoms with Gasteiger partial charge in [-0.15, -0.1) is 22.7 Å². The summed E-state index contributed by atoms with van der Waals surface area (Å²) in [6, 6.07) is 10.1. The third-order valence-corrected chi connectivity index (χ3v) is 6.67. The van der Waals surface area contributed by atoms with Gasteiger partial charge in [0.1, 0.15) is 5.02 Å². The topological polar surface area (TPSA) is 63.4 Å². The van der Waals surface area contributed by atoms with Crippen LogP contribution < -0.4 is 0 Å². The maximum absolute atomic E-state index is 13.2. The second-order valence-corrected chi connectivity index (χ2v) is 8.28. The normalized spacial score (nSPS) is 16.3. The predicted octanol–water partition coefficient (Wildman–Crippen LogP) is 5.16. The molecule has 1 aromatic carbocycles. The molecule has 3 aromatic rings. The molecule has 0 aliphatic carbocycles. The van der Waals surface area contributed by atoms with Crippen LogP contribution in [0.2, 0.25) is 5.02 Å². The molecular formula is C18H13ClN2O3S2. The summed E-state index contributed by atoms with van der Waals surface area (Å²) in [5, 5.41) is 15.2. The summed E-state index contributed by atoms with van der Waals surface area (Å²) in [6.45, 7) is 0.575. The third-order valence-electron chi connectivity index (χ3n) is 4.43. The van der Waals surface area contributed by atoms with Crippen LogP contribution in [0.5, 0.6) is 0 Å². The van der Waals surface area contributed by atoms with Gasteiger partial charge in [0.05, 0.1) is 11.0 Å².